The molecular formula is C18H31N3O. The van der Waals surface area contributed by atoms with Crippen molar-refractivity contribution < 1.29 is 4.52 Å². The predicted octanol–water partition coefficient (Wildman–Crippen LogP) is 3.49. The van der Waals surface area contributed by atoms with Gasteiger partial charge in [0.1, 0.15) is 0 Å². The first-order valence-electron chi connectivity index (χ1n) is 9.01. The van der Waals surface area contributed by atoms with Crippen LogP contribution in [-0.2, 0) is 6.54 Å². The highest BCUT2D eigenvalue weighted by atomic mass is 16.5. The molecule has 0 saturated carbocycles. The Morgan fingerprint density at radius 2 is 2.09 bits per heavy atom. The number of hydrogen-bond donors (Lipinski definition) is 0. The van der Waals surface area contributed by atoms with Crippen molar-refractivity contribution in [2.75, 3.05) is 26.7 Å². The molecule has 22 heavy (non-hydrogen) atoms. The molecule has 2 aliphatic rings. The largest absolute Gasteiger partial charge is 0.360 e. The molecule has 2 fully saturated rings. The molecule has 0 aliphatic carbocycles. The number of hydrogen-bond acceptors (Lipinski definition) is 4. The van der Waals surface area contributed by atoms with Crippen molar-refractivity contribution in [2.45, 2.75) is 64.5 Å². The topological polar surface area (TPSA) is 32.5 Å². The van der Waals surface area contributed by atoms with Crippen LogP contribution in [0.3, 0.4) is 0 Å². The zero-order chi connectivity index (χ0) is 15.5. The van der Waals surface area contributed by atoms with Gasteiger partial charge in [-0.05, 0) is 57.7 Å². The fourth-order valence-electron chi connectivity index (χ4n) is 4.20. The van der Waals surface area contributed by atoms with E-state index >= 15 is 0 Å². The first kappa shape index (κ1) is 16.0. The van der Waals surface area contributed by atoms with Crippen molar-refractivity contribution >= 4 is 0 Å². The van der Waals surface area contributed by atoms with Gasteiger partial charge in [0.25, 0.3) is 0 Å². The second-order valence-electron chi connectivity index (χ2n) is 7.57. The summed E-state index contributed by atoms with van der Waals surface area (Å²) >= 11 is 0. The number of aromatic nitrogens is 1. The van der Waals surface area contributed by atoms with Gasteiger partial charge in [-0.2, -0.15) is 0 Å². The minimum absolute atomic E-state index is 0.442. The summed E-state index contributed by atoms with van der Waals surface area (Å²) in [6.45, 7) is 9.02. The maximum Gasteiger partial charge on any atom is 0.150 e. The second-order valence-corrected chi connectivity index (χ2v) is 7.57. The Morgan fingerprint density at radius 1 is 1.27 bits per heavy atom. The molecule has 0 spiro atoms. The molecule has 0 unspecified atom stereocenters. The van der Waals surface area contributed by atoms with E-state index in [1.54, 1.807) is 0 Å². The summed E-state index contributed by atoms with van der Waals surface area (Å²) in [7, 11) is 2.22. The van der Waals surface area contributed by atoms with E-state index < -0.39 is 0 Å². The van der Waals surface area contributed by atoms with Gasteiger partial charge < -0.3 is 9.42 Å². The van der Waals surface area contributed by atoms with E-state index in [9.17, 15) is 0 Å². The lowest BCUT2D eigenvalue weighted by atomic mass is 9.83. The third-order valence-corrected chi connectivity index (χ3v) is 5.37. The monoisotopic (exact) mass is 305 g/mol. The smallest absolute Gasteiger partial charge is 0.150 e. The van der Waals surface area contributed by atoms with Crippen molar-refractivity contribution in [3.8, 4) is 0 Å². The van der Waals surface area contributed by atoms with E-state index in [1.165, 1.54) is 51.7 Å². The van der Waals surface area contributed by atoms with Crippen molar-refractivity contribution in [1.29, 1.82) is 0 Å². The van der Waals surface area contributed by atoms with E-state index in [2.05, 4.69) is 41.9 Å². The summed E-state index contributed by atoms with van der Waals surface area (Å²) in [5.41, 5.74) is 1.07. The molecule has 0 N–H and O–H groups in total. The normalized spacial score (nSPS) is 26.6. The van der Waals surface area contributed by atoms with E-state index in [0.717, 1.165) is 30.0 Å². The molecule has 2 atom stereocenters. The Labute approximate surface area is 134 Å². The van der Waals surface area contributed by atoms with E-state index in [1.807, 2.05) is 0 Å². The first-order valence-corrected chi connectivity index (χ1v) is 9.01. The fraction of sp³-hybridized carbons (Fsp3) is 0.833. The molecule has 0 bridgehead atoms. The molecule has 0 radical (unpaired) electrons. The lowest BCUT2D eigenvalue weighted by molar-refractivity contribution is 0.0423. The van der Waals surface area contributed by atoms with Gasteiger partial charge in [-0.1, -0.05) is 25.4 Å². The van der Waals surface area contributed by atoms with E-state index in [-0.39, 0.29) is 0 Å². The highest BCUT2D eigenvalue weighted by molar-refractivity contribution is 5.08. The van der Waals surface area contributed by atoms with Gasteiger partial charge in [-0.25, -0.2) is 0 Å². The van der Waals surface area contributed by atoms with Gasteiger partial charge in [0.2, 0.25) is 0 Å². The standard InChI is InChI=1S/C18H31N3O/c1-14(2)17-11-16(22-19-17)13-20(3)12-15-7-6-10-21-9-5-4-8-18(15)21/h11,14-15,18H,4-10,12-13H2,1-3H3/t15-,18+/m0/s1. The van der Waals surface area contributed by atoms with Crippen LogP contribution in [0.15, 0.2) is 10.6 Å². The van der Waals surface area contributed by atoms with E-state index in [4.69, 9.17) is 4.52 Å². The first-order chi connectivity index (χ1) is 10.6. The van der Waals surface area contributed by atoms with Gasteiger partial charge >= 0.3 is 0 Å². The molecule has 0 aromatic carbocycles. The van der Waals surface area contributed by atoms with Crippen LogP contribution in [0.5, 0.6) is 0 Å². The lowest BCUT2D eigenvalue weighted by Crippen LogP contribution is -2.50. The summed E-state index contributed by atoms with van der Waals surface area (Å²) < 4.78 is 5.49. The number of rotatable bonds is 5. The van der Waals surface area contributed by atoms with Crippen LogP contribution in [0.1, 0.15) is 63.3 Å². The van der Waals surface area contributed by atoms with Crippen LogP contribution in [0.2, 0.25) is 0 Å². The molecular weight excluding hydrogens is 274 g/mol. The van der Waals surface area contributed by atoms with Crippen molar-refractivity contribution in [3.63, 3.8) is 0 Å². The zero-order valence-corrected chi connectivity index (χ0v) is 14.4. The zero-order valence-electron chi connectivity index (χ0n) is 14.4. The van der Waals surface area contributed by atoms with Crippen molar-refractivity contribution in [1.82, 2.24) is 15.0 Å². The highest BCUT2D eigenvalue weighted by Gasteiger charge is 2.33. The van der Waals surface area contributed by atoms with Gasteiger partial charge in [-0.3, -0.25) is 4.90 Å². The maximum absolute atomic E-state index is 5.49. The van der Waals surface area contributed by atoms with Crippen LogP contribution in [0, 0.1) is 5.92 Å². The Balaban J connectivity index is 1.54. The highest BCUT2D eigenvalue weighted by Crippen LogP contribution is 2.31. The Hall–Kier alpha value is -0.870. The van der Waals surface area contributed by atoms with Crippen molar-refractivity contribution in [2.24, 2.45) is 5.92 Å². The van der Waals surface area contributed by atoms with Gasteiger partial charge in [0, 0.05) is 18.7 Å². The van der Waals surface area contributed by atoms with Crippen molar-refractivity contribution in [3.05, 3.63) is 17.5 Å². The van der Waals surface area contributed by atoms with Gasteiger partial charge in [0.05, 0.1) is 12.2 Å². The minimum atomic E-state index is 0.442. The average Bonchev–Trinajstić information content (AvgIpc) is 2.96. The summed E-state index contributed by atoms with van der Waals surface area (Å²) in [6.07, 6.45) is 6.97. The summed E-state index contributed by atoms with van der Waals surface area (Å²) in [4.78, 5) is 5.17. The van der Waals surface area contributed by atoms with Gasteiger partial charge in [-0.15, -0.1) is 0 Å². The van der Waals surface area contributed by atoms with Crippen LogP contribution < -0.4 is 0 Å². The molecule has 124 valence electrons. The van der Waals surface area contributed by atoms with Gasteiger partial charge in [0.15, 0.2) is 5.76 Å². The molecule has 4 nitrogen and oxygen atoms in total. The van der Waals surface area contributed by atoms with Crippen LogP contribution in [-0.4, -0.2) is 47.7 Å². The molecule has 3 heterocycles. The SMILES string of the molecule is CC(C)c1cc(CN(C)C[C@@H]2CCCN3CCCC[C@H]23)on1. The summed E-state index contributed by atoms with van der Waals surface area (Å²) in [5, 5.41) is 4.17. The Morgan fingerprint density at radius 3 is 2.86 bits per heavy atom. The molecule has 2 aliphatic heterocycles. The second kappa shape index (κ2) is 7.14. The molecule has 0 amide bonds. The van der Waals surface area contributed by atoms with Crippen LogP contribution in [0.4, 0.5) is 0 Å². The number of fused-ring (bicyclic) bond motifs is 1. The molecule has 1 aromatic heterocycles. The minimum Gasteiger partial charge on any atom is -0.360 e. The number of nitrogens with zero attached hydrogens (tertiary/aromatic N) is 3. The summed E-state index contributed by atoms with van der Waals surface area (Å²) in [5.74, 6) is 2.27. The molecule has 1 aromatic rings. The molecule has 4 heteroatoms. The third-order valence-electron chi connectivity index (χ3n) is 5.37. The predicted molar refractivity (Wildman–Crippen MR) is 88.9 cm³/mol. The maximum atomic E-state index is 5.49. The third kappa shape index (κ3) is 3.72. The van der Waals surface area contributed by atoms with Crippen LogP contribution in [0.25, 0.3) is 0 Å². The lowest BCUT2D eigenvalue weighted by Gasteiger charge is -2.45. The molecule has 2 saturated heterocycles. The fourth-order valence-corrected chi connectivity index (χ4v) is 4.20. The quantitative estimate of drug-likeness (QED) is 0.833. The summed E-state index contributed by atoms with van der Waals surface area (Å²) in [6, 6.07) is 2.94. The molecule has 3 rings (SSSR count). The number of piperidine rings is 2. The van der Waals surface area contributed by atoms with Crippen LogP contribution >= 0.6 is 0 Å². The Kier molecular flexibility index (Phi) is 5.19. The van der Waals surface area contributed by atoms with E-state index in [0.29, 0.717) is 5.92 Å². The Bertz CT molecular complexity index is 469. The average molecular weight is 305 g/mol.